The molecular formula is C22H27BO2Si2. The minimum absolute atomic E-state index is 0.167. The van der Waals surface area contributed by atoms with Crippen LogP contribution in [0.15, 0.2) is 48.5 Å². The van der Waals surface area contributed by atoms with Crippen molar-refractivity contribution in [3.63, 3.8) is 0 Å². The van der Waals surface area contributed by atoms with Crippen LogP contribution in [-0.4, -0.2) is 23.8 Å². The van der Waals surface area contributed by atoms with E-state index in [4.69, 9.17) is 9.31 Å². The van der Waals surface area contributed by atoms with Crippen molar-refractivity contribution in [3.05, 3.63) is 59.7 Å². The summed E-state index contributed by atoms with van der Waals surface area (Å²) in [5, 5.41) is 0. The molecule has 138 valence electrons. The van der Waals surface area contributed by atoms with Crippen LogP contribution in [0.1, 0.15) is 11.1 Å². The summed E-state index contributed by atoms with van der Waals surface area (Å²) >= 11 is 0. The third-order valence-electron chi connectivity index (χ3n) is 3.32. The van der Waals surface area contributed by atoms with Crippen LogP contribution >= 0.6 is 0 Å². The summed E-state index contributed by atoms with van der Waals surface area (Å²) in [6, 6.07) is 15.6. The molecule has 0 aliphatic carbocycles. The van der Waals surface area contributed by atoms with Gasteiger partial charge in [-0.1, -0.05) is 51.1 Å². The van der Waals surface area contributed by atoms with Gasteiger partial charge in [0.05, 0.1) is 0 Å². The van der Waals surface area contributed by atoms with E-state index >= 15 is 0 Å². The van der Waals surface area contributed by atoms with Crippen molar-refractivity contribution in [2.45, 2.75) is 39.3 Å². The predicted molar refractivity (Wildman–Crippen MR) is 122 cm³/mol. The summed E-state index contributed by atoms with van der Waals surface area (Å²) < 4.78 is 11.3. The Bertz CT molecular complexity index is 794. The van der Waals surface area contributed by atoms with Crippen molar-refractivity contribution < 1.29 is 9.31 Å². The van der Waals surface area contributed by atoms with E-state index in [1.807, 2.05) is 48.5 Å². The average molecular weight is 390 g/mol. The summed E-state index contributed by atoms with van der Waals surface area (Å²) in [5.41, 5.74) is 8.75. The van der Waals surface area contributed by atoms with Crippen LogP contribution in [0.3, 0.4) is 0 Å². The van der Waals surface area contributed by atoms with Gasteiger partial charge in [-0.3, -0.25) is 0 Å². The topological polar surface area (TPSA) is 18.5 Å². The Hall–Kier alpha value is -2.34. The van der Waals surface area contributed by atoms with E-state index in [0.717, 1.165) is 22.6 Å². The molecule has 0 fully saturated rings. The molecule has 0 aliphatic rings. The lowest BCUT2D eigenvalue weighted by molar-refractivity contribution is 0.459. The maximum atomic E-state index is 5.65. The molecule has 0 bridgehead atoms. The van der Waals surface area contributed by atoms with E-state index in [1.165, 1.54) is 0 Å². The quantitative estimate of drug-likeness (QED) is 0.548. The van der Waals surface area contributed by atoms with Gasteiger partial charge in [0, 0.05) is 11.1 Å². The molecule has 5 heteroatoms. The molecule has 0 heterocycles. The average Bonchev–Trinajstić information content (AvgIpc) is 2.59. The molecule has 0 radical (unpaired) electrons. The fourth-order valence-electron chi connectivity index (χ4n) is 1.95. The minimum atomic E-state index is -1.35. The normalized spacial score (nSPS) is 10.7. The monoisotopic (exact) mass is 390 g/mol. The Kier molecular flexibility index (Phi) is 7.02. The van der Waals surface area contributed by atoms with Crippen LogP contribution in [0.25, 0.3) is 0 Å². The maximum absolute atomic E-state index is 5.65. The van der Waals surface area contributed by atoms with E-state index in [0.29, 0.717) is 0 Å². The molecule has 0 aromatic heterocycles. The van der Waals surface area contributed by atoms with Crippen LogP contribution in [-0.2, 0) is 0 Å². The molecule has 0 atom stereocenters. The summed E-state index contributed by atoms with van der Waals surface area (Å²) in [6.07, 6.45) is 0. The number of benzene rings is 2. The Balaban J connectivity index is 1.85. The first-order chi connectivity index (χ1) is 12.6. The Morgan fingerprint density at radius 2 is 0.926 bits per heavy atom. The van der Waals surface area contributed by atoms with Gasteiger partial charge in [0.15, 0.2) is 0 Å². The maximum Gasteiger partial charge on any atom is 0.576 e. The predicted octanol–water partition coefficient (Wildman–Crippen LogP) is 4.87. The summed E-state index contributed by atoms with van der Waals surface area (Å²) in [6.45, 7) is 13.4. The van der Waals surface area contributed by atoms with E-state index in [9.17, 15) is 0 Å². The lowest BCUT2D eigenvalue weighted by Crippen LogP contribution is -2.16. The van der Waals surface area contributed by atoms with Gasteiger partial charge >= 0.3 is 7.69 Å². The van der Waals surface area contributed by atoms with E-state index < -0.39 is 16.1 Å². The van der Waals surface area contributed by atoms with Gasteiger partial charge in [-0.25, -0.2) is 0 Å². The molecule has 0 N–H and O–H groups in total. The molecule has 2 aromatic rings. The van der Waals surface area contributed by atoms with Gasteiger partial charge in [-0.15, -0.1) is 11.1 Å². The van der Waals surface area contributed by atoms with Gasteiger partial charge in [0.25, 0.3) is 0 Å². The van der Waals surface area contributed by atoms with Gasteiger partial charge in [-0.2, -0.15) is 0 Å². The molecule has 2 aromatic carbocycles. The first-order valence-electron chi connectivity index (χ1n) is 9.13. The van der Waals surface area contributed by atoms with Crippen molar-refractivity contribution in [1.82, 2.24) is 0 Å². The molecule has 2 rings (SSSR count). The molecule has 0 spiro atoms. The SMILES string of the molecule is C[Si](C)(C)C#Cc1ccc(OBOc2ccc(C#C[Si](C)(C)C)cc2)cc1. The van der Waals surface area contributed by atoms with Gasteiger partial charge in [0.2, 0.25) is 0 Å². The standard InChI is InChI=1S/C22H27BO2Si2/c1-26(2,3)17-15-19-7-11-21(12-8-19)24-23-25-22-13-9-20(10-14-22)16-18-27(4,5)6/h7-14,23H,1-6H3. The van der Waals surface area contributed by atoms with E-state index in [-0.39, 0.29) is 7.69 Å². The second kappa shape index (κ2) is 9.04. The highest BCUT2D eigenvalue weighted by molar-refractivity contribution is 6.84. The number of hydrogen-bond acceptors (Lipinski definition) is 2. The molecule has 0 saturated heterocycles. The highest BCUT2D eigenvalue weighted by Gasteiger charge is 2.08. The summed E-state index contributed by atoms with van der Waals surface area (Å²) in [5.74, 6) is 8.01. The van der Waals surface area contributed by atoms with Crippen LogP contribution < -0.4 is 9.31 Å². The second-order valence-corrected chi connectivity index (χ2v) is 18.0. The molecule has 0 saturated carbocycles. The zero-order valence-electron chi connectivity index (χ0n) is 17.1. The van der Waals surface area contributed by atoms with Gasteiger partial charge < -0.3 is 9.31 Å². The molecule has 0 aliphatic heterocycles. The fraction of sp³-hybridized carbons (Fsp3) is 0.273. The fourth-order valence-corrected chi connectivity index (χ4v) is 2.99. The second-order valence-electron chi connectivity index (χ2n) is 8.46. The van der Waals surface area contributed by atoms with E-state index in [1.54, 1.807) is 0 Å². The largest absolute Gasteiger partial charge is 0.576 e. The zero-order chi connectivity index (χ0) is 19.9. The lowest BCUT2D eigenvalue weighted by atomic mass is 10.2. The highest BCUT2D eigenvalue weighted by atomic mass is 28.3. The Morgan fingerprint density at radius 3 is 1.22 bits per heavy atom. The van der Waals surface area contributed by atoms with Gasteiger partial charge in [-0.05, 0) is 48.5 Å². The molecule has 0 amide bonds. The van der Waals surface area contributed by atoms with Crippen molar-refractivity contribution in [3.8, 4) is 34.4 Å². The summed E-state index contributed by atoms with van der Waals surface area (Å²) in [7, 11) is -2.53. The minimum Gasteiger partial charge on any atom is -0.529 e. The first kappa shape index (κ1) is 21.0. The molecule has 2 nitrogen and oxygen atoms in total. The van der Waals surface area contributed by atoms with Crippen LogP contribution in [0, 0.1) is 22.9 Å². The first-order valence-corrected chi connectivity index (χ1v) is 16.1. The van der Waals surface area contributed by atoms with Gasteiger partial charge in [0.1, 0.15) is 27.6 Å². The van der Waals surface area contributed by atoms with Crippen LogP contribution in [0.4, 0.5) is 0 Å². The third-order valence-corrected chi connectivity index (χ3v) is 5.07. The number of hydrogen-bond donors (Lipinski definition) is 0. The zero-order valence-corrected chi connectivity index (χ0v) is 19.1. The van der Waals surface area contributed by atoms with Crippen molar-refractivity contribution in [2.75, 3.05) is 0 Å². The highest BCUT2D eigenvalue weighted by Crippen LogP contribution is 2.14. The molecule has 0 unspecified atom stereocenters. The lowest BCUT2D eigenvalue weighted by Gasteiger charge is -2.08. The smallest absolute Gasteiger partial charge is 0.529 e. The molecular weight excluding hydrogens is 363 g/mol. The number of rotatable bonds is 4. The van der Waals surface area contributed by atoms with Crippen molar-refractivity contribution >= 4 is 23.8 Å². The van der Waals surface area contributed by atoms with E-state index in [2.05, 4.69) is 62.2 Å². The van der Waals surface area contributed by atoms with Crippen LogP contribution in [0.5, 0.6) is 11.5 Å². The van der Waals surface area contributed by atoms with Crippen molar-refractivity contribution in [1.29, 1.82) is 0 Å². The Morgan fingerprint density at radius 1 is 0.593 bits per heavy atom. The Labute approximate surface area is 166 Å². The van der Waals surface area contributed by atoms with Crippen molar-refractivity contribution in [2.24, 2.45) is 0 Å². The molecule has 27 heavy (non-hydrogen) atoms. The third kappa shape index (κ3) is 8.73. The summed E-state index contributed by atoms with van der Waals surface area (Å²) in [4.78, 5) is 0. The van der Waals surface area contributed by atoms with Crippen LogP contribution in [0.2, 0.25) is 39.3 Å².